The highest BCUT2D eigenvalue weighted by molar-refractivity contribution is 6.38. The Balaban J connectivity index is 1.40. The van der Waals surface area contributed by atoms with Gasteiger partial charge in [-0.3, -0.25) is 14.4 Å². The number of nitrogens with zero attached hydrogens (tertiary/aromatic N) is 3. The van der Waals surface area contributed by atoms with E-state index in [1.165, 1.54) is 4.90 Å². The van der Waals surface area contributed by atoms with Gasteiger partial charge in [0.2, 0.25) is 0 Å². The molecule has 2 aliphatic rings. The SMILES string of the molecule is Cc1ccc(C(=O)N2CCN(c3c(Cl)cccc3N3C(=O)c4ccccc4C3=O)CC2)cc1. The van der Waals surface area contributed by atoms with Crippen molar-refractivity contribution in [2.75, 3.05) is 36.0 Å². The third kappa shape index (κ3) is 3.66. The summed E-state index contributed by atoms with van der Waals surface area (Å²) in [7, 11) is 0. The summed E-state index contributed by atoms with van der Waals surface area (Å²) in [6.07, 6.45) is 0. The van der Waals surface area contributed by atoms with E-state index in [4.69, 9.17) is 11.6 Å². The maximum atomic E-state index is 13.1. The Morgan fingerprint density at radius 3 is 2.00 bits per heavy atom. The lowest BCUT2D eigenvalue weighted by atomic mass is 10.1. The van der Waals surface area contributed by atoms with Gasteiger partial charge in [0.15, 0.2) is 0 Å². The Morgan fingerprint density at radius 2 is 1.39 bits per heavy atom. The van der Waals surface area contributed by atoms with Gasteiger partial charge in [0.05, 0.1) is 27.5 Å². The molecule has 3 aromatic rings. The topological polar surface area (TPSA) is 60.9 Å². The van der Waals surface area contributed by atoms with Crippen molar-refractivity contribution in [3.63, 3.8) is 0 Å². The quantitative estimate of drug-likeness (QED) is 0.544. The number of piperazine rings is 1. The van der Waals surface area contributed by atoms with Crippen LogP contribution in [0.25, 0.3) is 0 Å². The highest BCUT2D eigenvalue weighted by atomic mass is 35.5. The van der Waals surface area contributed by atoms with E-state index in [-0.39, 0.29) is 17.7 Å². The van der Waals surface area contributed by atoms with Crippen molar-refractivity contribution >= 4 is 40.7 Å². The number of hydrogen-bond donors (Lipinski definition) is 0. The molecule has 0 atom stereocenters. The smallest absolute Gasteiger partial charge is 0.266 e. The van der Waals surface area contributed by atoms with E-state index in [0.29, 0.717) is 59.3 Å². The monoisotopic (exact) mass is 459 g/mol. The molecule has 0 saturated carbocycles. The van der Waals surface area contributed by atoms with Crippen LogP contribution in [0, 0.1) is 6.92 Å². The molecule has 166 valence electrons. The number of rotatable bonds is 3. The lowest BCUT2D eigenvalue weighted by Crippen LogP contribution is -2.49. The van der Waals surface area contributed by atoms with Crippen LogP contribution in [0.2, 0.25) is 5.02 Å². The summed E-state index contributed by atoms with van der Waals surface area (Å²) in [5.41, 5.74) is 3.65. The first-order valence-corrected chi connectivity index (χ1v) is 11.2. The number of benzene rings is 3. The van der Waals surface area contributed by atoms with E-state index in [1.807, 2.05) is 41.0 Å². The standard InChI is InChI=1S/C26H22ClN3O3/c1-17-9-11-18(12-10-17)24(31)29-15-13-28(14-16-29)23-21(27)7-4-8-22(23)30-25(32)19-5-2-3-6-20(19)26(30)33/h2-12H,13-16H2,1H3. The van der Waals surface area contributed by atoms with Gasteiger partial charge in [0.1, 0.15) is 0 Å². The van der Waals surface area contributed by atoms with Gasteiger partial charge in [-0.1, -0.05) is 47.5 Å². The Morgan fingerprint density at radius 1 is 0.788 bits per heavy atom. The summed E-state index contributed by atoms with van der Waals surface area (Å²) in [4.78, 5) is 44.1. The van der Waals surface area contributed by atoms with Crippen molar-refractivity contribution < 1.29 is 14.4 Å². The molecule has 0 aromatic heterocycles. The predicted octanol–water partition coefficient (Wildman–Crippen LogP) is 4.41. The number of imide groups is 1. The molecule has 0 N–H and O–H groups in total. The molecule has 3 amide bonds. The minimum Gasteiger partial charge on any atom is -0.365 e. The van der Waals surface area contributed by atoms with Crippen molar-refractivity contribution in [1.82, 2.24) is 4.90 Å². The first-order valence-electron chi connectivity index (χ1n) is 10.8. The van der Waals surface area contributed by atoms with Crippen LogP contribution in [0.5, 0.6) is 0 Å². The zero-order chi connectivity index (χ0) is 23.1. The lowest BCUT2D eigenvalue weighted by molar-refractivity contribution is 0.0746. The second kappa shape index (κ2) is 8.37. The molecule has 6 nitrogen and oxygen atoms in total. The van der Waals surface area contributed by atoms with Crippen molar-refractivity contribution in [1.29, 1.82) is 0 Å². The normalized spacial score (nSPS) is 15.8. The molecule has 1 fully saturated rings. The van der Waals surface area contributed by atoms with Gasteiger partial charge < -0.3 is 9.80 Å². The molecule has 0 unspecified atom stereocenters. The van der Waals surface area contributed by atoms with E-state index >= 15 is 0 Å². The molecule has 2 heterocycles. The van der Waals surface area contributed by atoms with Gasteiger partial charge in [-0.15, -0.1) is 0 Å². The molecule has 7 heteroatoms. The minimum absolute atomic E-state index is 0.00520. The molecule has 0 radical (unpaired) electrons. The number of para-hydroxylation sites is 1. The zero-order valence-electron chi connectivity index (χ0n) is 18.1. The second-order valence-corrected chi connectivity index (χ2v) is 8.65. The van der Waals surface area contributed by atoms with Crippen LogP contribution in [0.3, 0.4) is 0 Å². The fraction of sp³-hybridized carbons (Fsp3) is 0.192. The third-order valence-electron chi connectivity index (χ3n) is 6.18. The van der Waals surface area contributed by atoms with Crippen LogP contribution in [0.1, 0.15) is 36.6 Å². The van der Waals surface area contributed by atoms with Crippen LogP contribution in [-0.4, -0.2) is 48.8 Å². The number of amides is 3. The minimum atomic E-state index is -0.354. The van der Waals surface area contributed by atoms with Crippen LogP contribution in [0.4, 0.5) is 11.4 Å². The first-order chi connectivity index (χ1) is 16.0. The number of aryl methyl sites for hydroxylation is 1. The van der Waals surface area contributed by atoms with Crippen molar-refractivity contribution in [3.05, 3.63) is 94.0 Å². The van der Waals surface area contributed by atoms with Crippen LogP contribution in [0.15, 0.2) is 66.7 Å². The van der Waals surface area contributed by atoms with E-state index in [2.05, 4.69) is 0 Å². The van der Waals surface area contributed by atoms with Crippen LogP contribution in [-0.2, 0) is 0 Å². The summed E-state index contributed by atoms with van der Waals surface area (Å²) in [5, 5.41) is 0.461. The summed E-state index contributed by atoms with van der Waals surface area (Å²) >= 11 is 6.59. The fourth-order valence-corrected chi connectivity index (χ4v) is 4.71. The lowest BCUT2D eigenvalue weighted by Gasteiger charge is -2.38. The Hall–Kier alpha value is -3.64. The average molecular weight is 460 g/mol. The van der Waals surface area contributed by atoms with E-state index in [9.17, 15) is 14.4 Å². The molecule has 2 aliphatic heterocycles. The molecule has 0 bridgehead atoms. The van der Waals surface area contributed by atoms with E-state index < -0.39 is 0 Å². The highest BCUT2D eigenvalue weighted by Crippen LogP contribution is 2.40. The molecule has 1 saturated heterocycles. The van der Waals surface area contributed by atoms with Crippen molar-refractivity contribution in [2.24, 2.45) is 0 Å². The highest BCUT2D eigenvalue weighted by Gasteiger charge is 2.38. The molecular formula is C26H22ClN3O3. The van der Waals surface area contributed by atoms with Gasteiger partial charge in [0, 0.05) is 31.7 Å². The number of halogens is 1. The molecule has 0 spiro atoms. The van der Waals surface area contributed by atoms with Crippen molar-refractivity contribution in [2.45, 2.75) is 6.92 Å². The van der Waals surface area contributed by atoms with Gasteiger partial charge in [-0.05, 0) is 43.3 Å². The number of fused-ring (bicyclic) bond motifs is 1. The maximum absolute atomic E-state index is 13.1. The third-order valence-corrected chi connectivity index (χ3v) is 6.49. The number of hydrogen-bond acceptors (Lipinski definition) is 4. The van der Waals surface area contributed by atoms with Crippen LogP contribution < -0.4 is 9.80 Å². The molecule has 5 rings (SSSR count). The molecule has 0 aliphatic carbocycles. The van der Waals surface area contributed by atoms with Gasteiger partial charge >= 0.3 is 0 Å². The summed E-state index contributed by atoms with van der Waals surface area (Å²) < 4.78 is 0. The number of anilines is 2. The maximum Gasteiger partial charge on any atom is 0.266 e. The average Bonchev–Trinajstić information content (AvgIpc) is 3.09. The first kappa shape index (κ1) is 21.2. The molecule has 33 heavy (non-hydrogen) atoms. The van der Waals surface area contributed by atoms with Crippen LogP contribution >= 0.6 is 11.6 Å². The Bertz CT molecular complexity index is 1230. The Labute approximate surface area is 197 Å². The fourth-order valence-electron chi connectivity index (χ4n) is 4.42. The van der Waals surface area contributed by atoms with Gasteiger partial charge in [-0.2, -0.15) is 0 Å². The number of carbonyl (C=O) groups is 3. The van der Waals surface area contributed by atoms with Crippen molar-refractivity contribution in [3.8, 4) is 0 Å². The number of carbonyl (C=O) groups excluding carboxylic acids is 3. The summed E-state index contributed by atoms with van der Waals surface area (Å²) in [5.74, 6) is -0.714. The zero-order valence-corrected chi connectivity index (χ0v) is 18.9. The van der Waals surface area contributed by atoms with Gasteiger partial charge in [-0.25, -0.2) is 4.90 Å². The summed E-state index contributed by atoms with van der Waals surface area (Å²) in [6.45, 7) is 4.09. The summed E-state index contributed by atoms with van der Waals surface area (Å²) in [6, 6.07) is 19.6. The largest absolute Gasteiger partial charge is 0.365 e. The second-order valence-electron chi connectivity index (χ2n) is 8.24. The predicted molar refractivity (Wildman–Crippen MR) is 128 cm³/mol. The van der Waals surface area contributed by atoms with E-state index in [1.54, 1.807) is 42.5 Å². The molecular weight excluding hydrogens is 438 g/mol. The van der Waals surface area contributed by atoms with Gasteiger partial charge in [0.25, 0.3) is 17.7 Å². The molecule has 3 aromatic carbocycles. The Kier molecular flexibility index (Phi) is 5.38. The van der Waals surface area contributed by atoms with E-state index in [0.717, 1.165) is 5.56 Å².